The van der Waals surface area contributed by atoms with Gasteiger partial charge >= 0.3 is 0 Å². The largest absolute Gasteiger partial charge is 0.326 e. The monoisotopic (exact) mass is 206 g/mol. The van der Waals surface area contributed by atoms with E-state index in [0.29, 0.717) is 11.1 Å². The Hall–Kier alpha value is -0.740. The zero-order valence-electron chi connectivity index (χ0n) is 7.02. The number of halogens is 3. The highest BCUT2D eigenvalue weighted by atomic mass is 35.5. The predicted octanol–water partition coefficient (Wildman–Crippen LogP) is 2.44. The summed E-state index contributed by atoms with van der Waals surface area (Å²) in [7, 11) is 0. The molecule has 0 amide bonds. The average molecular weight is 207 g/mol. The zero-order valence-corrected chi connectivity index (χ0v) is 7.78. The maximum atomic E-state index is 12.2. The molecule has 5 heteroatoms. The van der Waals surface area contributed by atoms with Crippen molar-refractivity contribution in [3.63, 3.8) is 0 Å². The lowest BCUT2D eigenvalue weighted by Gasteiger charge is -2.07. The quantitative estimate of drug-likeness (QED) is 0.755. The predicted molar refractivity (Wildman–Crippen MR) is 46.8 cm³/mol. The first-order valence-corrected chi connectivity index (χ1v) is 4.08. The van der Waals surface area contributed by atoms with Crippen LogP contribution in [0.3, 0.4) is 0 Å². The van der Waals surface area contributed by atoms with E-state index in [2.05, 4.69) is 4.98 Å². The molecule has 0 bridgehead atoms. The van der Waals surface area contributed by atoms with Gasteiger partial charge < -0.3 is 5.73 Å². The third kappa shape index (κ3) is 2.14. The summed E-state index contributed by atoms with van der Waals surface area (Å²) >= 11 is 5.65. The van der Waals surface area contributed by atoms with Crippen LogP contribution in [0, 0.1) is 6.92 Å². The van der Waals surface area contributed by atoms with Crippen LogP contribution in [0.4, 0.5) is 8.78 Å². The summed E-state index contributed by atoms with van der Waals surface area (Å²) in [4.78, 5) is 3.54. The number of nitrogens with zero attached hydrogens (tertiary/aromatic N) is 1. The van der Waals surface area contributed by atoms with E-state index in [1.54, 1.807) is 6.92 Å². The van der Waals surface area contributed by atoms with Crippen molar-refractivity contribution in [2.45, 2.75) is 19.9 Å². The van der Waals surface area contributed by atoms with E-state index < -0.39 is 6.43 Å². The van der Waals surface area contributed by atoms with Crippen LogP contribution >= 0.6 is 11.6 Å². The molecule has 0 aliphatic rings. The Morgan fingerprint density at radius 2 is 2.23 bits per heavy atom. The van der Waals surface area contributed by atoms with Gasteiger partial charge in [0, 0.05) is 12.1 Å². The van der Waals surface area contributed by atoms with Crippen LogP contribution in [-0.2, 0) is 6.54 Å². The second kappa shape index (κ2) is 3.98. The van der Waals surface area contributed by atoms with Crippen molar-refractivity contribution in [1.29, 1.82) is 0 Å². The molecular weight excluding hydrogens is 198 g/mol. The van der Waals surface area contributed by atoms with Crippen LogP contribution in [0.15, 0.2) is 6.07 Å². The van der Waals surface area contributed by atoms with E-state index in [0.717, 1.165) is 0 Å². The Bertz CT molecular complexity index is 292. The van der Waals surface area contributed by atoms with Gasteiger partial charge in [-0.25, -0.2) is 13.8 Å². The first kappa shape index (κ1) is 10.3. The summed E-state index contributed by atoms with van der Waals surface area (Å²) in [5.41, 5.74) is 6.33. The number of pyridine rings is 1. The molecule has 0 spiro atoms. The van der Waals surface area contributed by atoms with Crippen molar-refractivity contribution in [2.24, 2.45) is 5.73 Å². The Morgan fingerprint density at radius 3 is 2.62 bits per heavy atom. The summed E-state index contributed by atoms with van der Waals surface area (Å²) in [6.45, 7) is 1.89. The van der Waals surface area contributed by atoms with Crippen LogP contribution in [0.5, 0.6) is 0 Å². The van der Waals surface area contributed by atoms with E-state index in [4.69, 9.17) is 17.3 Å². The maximum Gasteiger partial charge on any atom is 0.280 e. The van der Waals surface area contributed by atoms with Crippen LogP contribution in [0.25, 0.3) is 0 Å². The van der Waals surface area contributed by atoms with Crippen LogP contribution in [0.2, 0.25) is 5.15 Å². The fraction of sp³-hybridized carbons (Fsp3) is 0.375. The first-order chi connectivity index (χ1) is 6.06. The van der Waals surface area contributed by atoms with Crippen molar-refractivity contribution in [1.82, 2.24) is 4.98 Å². The van der Waals surface area contributed by atoms with Crippen LogP contribution < -0.4 is 5.73 Å². The second-order valence-corrected chi connectivity index (χ2v) is 3.00. The molecule has 0 aromatic carbocycles. The highest BCUT2D eigenvalue weighted by Crippen LogP contribution is 2.23. The lowest BCUT2D eigenvalue weighted by molar-refractivity contribution is 0.146. The highest BCUT2D eigenvalue weighted by molar-refractivity contribution is 6.30. The van der Waals surface area contributed by atoms with Crippen molar-refractivity contribution in [2.75, 3.05) is 0 Å². The molecule has 0 saturated heterocycles. The lowest BCUT2D eigenvalue weighted by atomic mass is 10.1. The van der Waals surface area contributed by atoms with Gasteiger partial charge in [0.25, 0.3) is 6.43 Å². The molecule has 1 aromatic heterocycles. The summed E-state index contributed by atoms with van der Waals surface area (Å²) in [6, 6.07) is 1.30. The number of hydrogen-bond acceptors (Lipinski definition) is 2. The van der Waals surface area contributed by atoms with Crippen molar-refractivity contribution in [3.8, 4) is 0 Å². The SMILES string of the molecule is Cc1cc(C(F)F)nc(Cl)c1CN. The van der Waals surface area contributed by atoms with Gasteiger partial charge in [0.2, 0.25) is 0 Å². The number of aromatic nitrogens is 1. The third-order valence-electron chi connectivity index (χ3n) is 1.74. The first-order valence-electron chi connectivity index (χ1n) is 3.70. The normalized spacial score (nSPS) is 10.9. The minimum absolute atomic E-state index is 0.0674. The molecule has 2 nitrogen and oxygen atoms in total. The Kier molecular flexibility index (Phi) is 3.17. The number of hydrogen-bond donors (Lipinski definition) is 1. The minimum atomic E-state index is -2.59. The average Bonchev–Trinajstić information content (AvgIpc) is 2.03. The molecule has 1 rings (SSSR count). The molecule has 1 aromatic rings. The molecular formula is C8H9ClF2N2. The van der Waals surface area contributed by atoms with E-state index in [-0.39, 0.29) is 17.4 Å². The van der Waals surface area contributed by atoms with Gasteiger partial charge in [-0.15, -0.1) is 0 Å². The van der Waals surface area contributed by atoms with Crippen molar-refractivity contribution in [3.05, 3.63) is 28.0 Å². The fourth-order valence-corrected chi connectivity index (χ4v) is 1.37. The summed E-state index contributed by atoms with van der Waals surface area (Å²) in [5.74, 6) is 0. The molecule has 0 fully saturated rings. The number of rotatable bonds is 2. The van der Waals surface area contributed by atoms with Gasteiger partial charge in [-0.2, -0.15) is 0 Å². The Balaban J connectivity index is 3.20. The molecule has 2 N–H and O–H groups in total. The zero-order chi connectivity index (χ0) is 10.0. The van der Waals surface area contributed by atoms with E-state index in [1.165, 1.54) is 6.07 Å². The van der Waals surface area contributed by atoms with E-state index in [9.17, 15) is 8.78 Å². The van der Waals surface area contributed by atoms with Gasteiger partial charge in [-0.3, -0.25) is 0 Å². The number of alkyl halides is 2. The summed E-state index contributed by atoms with van der Waals surface area (Å²) in [5, 5.41) is 0.0674. The second-order valence-electron chi connectivity index (χ2n) is 2.64. The summed E-state index contributed by atoms with van der Waals surface area (Å²) < 4.78 is 24.4. The van der Waals surface area contributed by atoms with E-state index >= 15 is 0 Å². The van der Waals surface area contributed by atoms with E-state index in [1.807, 2.05) is 0 Å². The molecule has 0 saturated carbocycles. The Morgan fingerprint density at radius 1 is 1.62 bits per heavy atom. The van der Waals surface area contributed by atoms with Crippen LogP contribution in [-0.4, -0.2) is 4.98 Å². The molecule has 0 atom stereocenters. The molecule has 0 radical (unpaired) electrons. The topological polar surface area (TPSA) is 38.9 Å². The van der Waals surface area contributed by atoms with Crippen LogP contribution in [0.1, 0.15) is 23.2 Å². The number of aryl methyl sites for hydroxylation is 1. The van der Waals surface area contributed by atoms with Gasteiger partial charge in [0.05, 0.1) is 0 Å². The van der Waals surface area contributed by atoms with Gasteiger partial charge in [-0.1, -0.05) is 11.6 Å². The Labute approximate surface area is 79.7 Å². The smallest absolute Gasteiger partial charge is 0.280 e. The molecule has 0 unspecified atom stereocenters. The molecule has 13 heavy (non-hydrogen) atoms. The van der Waals surface area contributed by atoms with Gasteiger partial charge in [-0.05, 0) is 18.6 Å². The van der Waals surface area contributed by atoms with Crippen molar-refractivity contribution >= 4 is 11.6 Å². The molecule has 0 aliphatic carbocycles. The van der Waals surface area contributed by atoms with Gasteiger partial charge in [0.1, 0.15) is 10.8 Å². The third-order valence-corrected chi connectivity index (χ3v) is 2.06. The fourth-order valence-electron chi connectivity index (χ4n) is 1.04. The maximum absolute atomic E-state index is 12.2. The highest BCUT2D eigenvalue weighted by Gasteiger charge is 2.13. The molecule has 72 valence electrons. The standard InChI is InChI=1S/C8H9ClF2N2/c1-4-2-6(8(10)11)13-7(9)5(4)3-12/h2,8H,3,12H2,1H3. The van der Waals surface area contributed by atoms with Gasteiger partial charge in [0.15, 0.2) is 0 Å². The molecule has 0 aliphatic heterocycles. The number of nitrogens with two attached hydrogens (primary N) is 1. The van der Waals surface area contributed by atoms with Crippen molar-refractivity contribution < 1.29 is 8.78 Å². The molecule has 1 heterocycles. The summed E-state index contributed by atoms with van der Waals surface area (Å²) in [6.07, 6.45) is -2.59. The minimum Gasteiger partial charge on any atom is -0.326 e. The lowest BCUT2D eigenvalue weighted by Crippen LogP contribution is -2.04.